The molecule has 64 valence electrons. The first-order chi connectivity index (χ1) is 4.87. The molecule has 1 unspecified atom stereocenters. The molecule has 1 heterocycles. The molecule has 13 heavy (non-hydrogen) atoms. The summed E-state index contributed by atoms with van der Waals surface area (Å²) in [5, 5.41) is 19.7. The third kappa shape index (κ3) is 4.41. The van der Waals surface area contributed by atoms with Gasteiger partial charge in [0, 0.05) is 0 Å². The van der Waals surface area contributed by atoms with Crippen LogP contribution in [0.5, 0.6) is 0 Å². The second kappa shape index (κ2) is 6.67. The Kier molecular flexibility index (Phi) is 9.43. The minimum Gasteiger partial charge on any atom is -0.893 e. The van der Waals surface area contributed by atoms with Gasteiger partial charge in [0.1, 0.15) is 0 Å². The van der Waals surface area contributed by atoms with Gasteiger partial charge in [0.15, 0.2) is 0 Å². The third-order valence-electron chi connectivity index (χ3n) is 1.49. The summed E-state index contributed by atoms with van der Waals surface area (Å²) in [5.41, 5.74) is -3.04. The maximum Gasteiger partial charge on any atom is 1.00 e. The maximum absolute atomic E-state index is 12.7. The van der Waals surface area contributed by atoms with Crippen LogP contribution in [0.1, 0.15) is 0 Å². The number of hydrogen-bond acceptors (Lipinski definition) is 3. The molecule has 0 spiro atoms. The van der Waals surface area contributed by atoms with E-state index in [1.165, 1.54) is 0 Å². The van der Waals surface area contributed by atoms with Crippen molar-refractivity contribution in [3.05, 3.63) is 0 Å². The van der Waals surface area contributed by atoms with Crippen LogP contribution in [0.15, 0.2) is 0 Å². The van der Waals surface area contributed by atoms with Gasteiger partial charge in [-0.1, -0.05) is 6.32 Å². The molecule has 3 nitrogen and oxygen atoms in total. The maximum atomic E-state index is 12.7. The van der Waals surface area contributed by atoms with E-state index in [-0.39, 0.29) is 103 Å². The Morgan fingerprint density at radius 1 is 1.23 bits per heavy atom. The molecule has 0 saturated carbocycles. The Labute approximate surface area is 159 Å². The van der Waals surface area contributed by atoms with E-state index in [1.807, 2.05) is 0 Å². The van der Waals surface area contributed by atoms with Gasteiger partial charge in [-0.25, -0.2) is 4.39 Å². The van der Waals surface area contributed by atoms with Gasteiger partial charge in [0.25, 0.3) is 0 Å². The van der Waals surface area contributed by atoms with Crippen molar-refractivity contribution in [2.24, 2.45) is 0 Å². The molecule has 1 atom stereocenters. The van der Waals surface area contributed by atoms with Gasteiger partial charge < -0.3 is 14.8 Å². The first kappa shape index (κ1) is 18.4. The molecule has 0 aromatic heterocycles. The summed E-state index contributed by atoms with van der Waals surface area (Å²) in [6, 6.07) is 0. The first-order valence-corrected chi connectivity index (χ1v) is 2.90. The van der Waals surface area contributed by atoms with Crippen molar-refractivity contribution in [2.45, 2.75) is 18.1 Å². The molecule has 1 aliphatic rings. The van der Waals surface area contributed by atoms with Gasteiger partial charge in [0.05, 0.1) is 6.61 Å². The van der Waals surface area contributed by atoms with Gasteiger partial charge in [-0.05, 0) is 0 Å². The third-order valence-corrected chi connectivity index (χ3v) is 1.49. The monoisotopic (exact) mass is 246 g/mol. The molecule has 1 aliphatic heterocycles. The molecule has 0 aromatic rings. The summed E-state index contributed by atoms with van der Waals surface area (Å²) >= 11 is 0. The minimum absolute atomic E-state index is 0. The van der Waals surface area contributed by atoms with E-state index in [1.54, 1.807) is 0 Å². The van der Waals surface area contributed by atoms with E-state index in [0.29, 0.717) is 0 Å². The summed E-state index contributed by atoms with van der Waals surface area (Å²) in [4.78, 5) is 0. The van der Waals surface area contributed by atoms with Crippen molar-refractivity contribution in [3.8, 4) is 0 Å². The number of alkyl halides is 3. The Balaban J connectivity index is 0. The summed E-state index contributed by atoms with van der Waals surface area (Å²) in [7, 11) is -2.57. The fraction of sp³-hybridized carbons (Fsp3) is 1.00. The Morgan fingerprint density at radius 3 is 1.77 bits per heavy atom. The van der Waals surface area contributed by atoms with Crippen LogP contribution in [0.4, 0.5) is 13.2 Å². The second-order valence-electron chi connectivity index (χ2n) is 2.40. The Morgan fingerprint density at radius 2 is 1.69 bits per heavy atom. The zero-order chi connectivity index (χ0) is 8.70. The topological polar surface area (TPSA) is 55.3 Å². The normalized spacial score (nSPS) is 29.3. The smallest absolute Gasteiger partial charge is 0.893 e. The summed E-state index contributed by atoms with van der Waals surface area (Å²) in [6.07, 6.45) is -5.21. The van der Waals surface area contributed by atoms with Crippen LogP contribution >= 0.6 is 0 Å². The van der Waals surface area contributed by atoms with Crippen LogP contribution in [0, 0.1) is 0 Å². The van der Waals surface area contributed by atoms with Crippen LogP contribution in [0.3, 0.4) is 0 Å². The van der Waals surface area contributed by atoms with Crippen molar-refractivity contribution >= 4 is 7.12 Å². The predicted molar refractivity (Wildman–Crippen MR) is 25.3 cm³/mol. The molecule has 0 aliphatic carbocycles. The molecule has 0 amide bonds. The second-order valence-corrected chi connectivity index (χ2v) is 2.40. The van der Waals surface area contributed by atoms with Gasteiger partial charge in [-0.2, -0.15) is 8.78 Å². The fourth-order valence-corrected chi connectivity index (χ4v) is 0.780. The van der Waals surface area contributed by atoms with E-state index >= 15 is 0 Å². The van der Waals surface area contributed by atoms with E-state index in [9.17, 15) is 23.2 Å². The zero-order valence-corrected chi connectivity index (χ0v) is 13.6. The minimum atomic E-state index is -3.96. The number of rotatable bonds is 2. The van der Waals surface area contributed by atoms with Gasteiger partial charge in [0.2, 0.25) is 5.67 Å². The van der Waals surface area contributed by atoms with Crippen LogP contribution < -0.4 is 113 Å². The van der Waals surface area contributed by atoms with E-state index in [4.69, 9.17) is 0 Å². The van der Waals surface area contributed by atoms with Gasteiger partial charge in [-0.15, -0.1) is 7.12 Å². The molecule has 1 fully saturated rings. The molecule has 1 rings (SSSR count). The van der Waals surface area contributed by atoms with E-state index < -0.39 is 31.8 Å². The van der Waals surface area contributed by atoms with Gasteiger partial charge in [-0.3, -0.25) is 0 Å². The van der Waals surface area contributed by atoms with Crippen LogP contribution in [0.25, 0.3) is 0 Å². The first-order valence-electron chi connectivity index (χ1n) is 2.90. The quantitative estimate of drug-likeness (QED) is 0.455. The van der Waals surface area contributed by atoms with Gasteiger partial charge >= 0.3 is 109 Å². The van der Waals surface area contributed by atoms with Crippen molar-refractivity contribution in [1.29, 1.82) is 0 Å². The summed E-state index contributed by atoms with van der Waals surface area (Å²) < 4.78 is 40.4. The van der Waals surface area contributed by atoms with Crippen LogP contribution in [-0.4, -0.2) is 25.5 Å². The number of hydrogen-bond donors (Lipinski definition) is 0. The van der Waals surface area contributed by atoms with Crippen LogP contribution in [0.2, 0.25) is 6.32 Å². The van der Waals surface area contributed by atoms with E-state index in [2.05, 4.69) is 4.74 Å². The SMILES string of the molecule is [K+].[K+].[O-]B([O-])CC1(F)COC1(F)F. The molecule has 1 saturated heterocycles. The van der Waals surface area contributed by atoms with E-state index in [0.717, 1.165) is 0 Å². The largest absolute Gasteiger partial charge is 1.00 e. The van der Waals surface area contributed by atoms with Crippen molar-refractivity contribution in [2.75, 3.05) is 6.61 Å². The molecule has 0 N–H and O–H groups in total. The number of halogens is 3. The Hall–Kier alpha value is 3.01. The average Bonchev–Trinajstić information content (AvgIpc) is 1.84. The zero-order valence-electron chi connectivity index (χ0n) is 7.35. The number of ether oxygens (including phenoxy) is 1. The molecule has 9 heteroatoms. The summed E-state index contributed by atoms with van der Waals surface area (Å²) in [5.74, 6) is 0. The average molecular weight is 246 g/mol. The van der Waals surface area contributed by atoms with Crippen molar-refractivity contribution < 1.29 is 131 Å². The van der Waals surface area contributed by atoms with Crippen molar-refractivity contribution in [1.82, 2.24) is 0 Å². The molecule has 0 aromatic carbocycles. The standard InChI is InChI=1S/C4H4BF3O3.2K/c6-3(1-5(9)10)2-11-4(3,7)8;;/h1-2H2;;/q-2;2*+1. The molecule has 0 bridgehead atoms. The predicted octanol–water partition coefficient (Wildman–Crippen LogP) is -7.47. The molecular formula is C4H4BF3K2O3. The fourth-order valence-electron chi connectivity index (χ4n) is 0.780. The Bertz CT molecular complexity index is 173. The van der Waals surface area contributed by atoms with Crippen molar-refractivity contribution in [3.63, 3.8) is 0 Å². The summed E-state index contributed by atoms with van der Waals surface area (Å²) in [6.45, 7) is -0.874. The van der Waals surface area contributed by atoms with Crippen LogP contribution in [-0.2, 0) is 4.74 Å². The molecule has 0 radical (unpaired) electrons. The molecular weight excluding hydrogens is 242 g/mol.